The lowest BCUT2D eigenvalue weighted by Crippen LogP contribution is -2.22. The molecule has 1 amide bonds. The van der Waals surface area contributed by atoms with Crippen LogP contribution in [0.5, 0.6) is 5.75 Å². The van der Waals surface area contributed by atoms with Crippen LogP contribution in [0.3, 0.4) is 0 Å². The fourth-order valence-corrected chi connectivity index (χ4v) is 3.05. The molecule has 0 radical (unpaired) electrons. The van der Waals surface area contributed by atoms with Gasteiger partial charge in [0.1, 0.15) is 9.45 Å². The van der Waals surface area contributed by atoms with E-state index < -0.39 is 6.10 Å². The Labute approximate surface area is 152 Å². The second-order valence-corrected chi connectivity index (χ2v) is 6.20. The van der Waals surface area contributed by atoms with Crippen molar-refractivity contribution in [1.29, 1.82) is 0 Å². The number of hydrogen-bond donors (Lipinski definition) is 2. The lowest BCUT2D eigenvalue weighted by atomic mass is 10.1. The largest absolute Gasteiger partial charge is 0.494 e. The number of hydrogen-bond acceptors (Lipinski definition) is 4. The van der Waals surface area contributed by atoms with E-state index in [0.717, 1.165) is 20.2 Å². The minimum Gasteiger partial charge on any atom is -0.494 e. The molecular weight excluding hydrogens is 421 g/mol. The number of nitrogens with zero attached hydrogens (tertiary/aromatic N) is 1. The maximum atomic E-state index is 12.7. The Balaban J connectivity index is 1.93. The first kappa shape index (κ1) is 16.7. The third-order valence-electron chi connectivity index (χ3n) is 3.66. The van der Waals surface area contributed by atoms with Gasteiger partial charge in [-0.2, -0.15) is 5.10 Å². The number of carbonyl (C=O) groups is 1. The van der Waals surface area contributed by atoms with Gasteiger partial charge in [0, 0.05) is 18.6 Å². The highest BCUT2D eigenvalue weighted by Gasteiger charge is 2.21. The number of aromatic amines is 1. The van der Waals surface area contributed by atoms with Crippen molar-refractivity contribution in [2.45, 2.75) is 6.10 Å². The molecule has 7 heteroatoms. The molecule has 0 aliphatic rings. The van der Waals surface area contributed by atoms with Gasteiger partial charge in [0.15, 0.2) is 6.10 Å². The standard InChI is InChI=1S/C17H16IN3O3/c1-23-14-9-12-11(16(18)21-20-12)8-13(14)19-17(22)15(24-2)10-6-4-3-5-7-10/h3-9,15H,1-2H3,(H,19,22)(H,20,21). The fraction of sp³-hybridized carbons (Fsp3) is 0.176. The molecule has 3 aromatic rings. The molecule has 0 aliphatic carbocycles. The van der Waals surface area contributed by atoms with Gasteiger partial charge in [0.25, 0.3) is 5.91 Å². The number of carbonyl (C=O) groups excluding carboxylic acids is 1. The molecule has 24 heavy (non-hydrogen) atoms. The topological polar surface area (TPSA) is 76.2 Å². The average Bonchev–Trinajstić information content (AvgIpc) is 2.96. The highest BCUT2D eigenvalue weighted by molar-refractivity contribution is 14.1. The quantitative estimate of drug-likeness (QED) is 0.600. The van der Waals surface area contributed by atoms with E-state index in [9.17, 15) is 4.79 Å². The van der Waals surface area contributed by atoms with Crippen molar-refractivity contribution in [3.8, 4) is 5.75 Å². The molecule has 0 fully saturated rings. The Kier molecular flexibility index (Phi) is 5.00. The van der Waals surface area contributed by atoms with Gasteiger partial charge in [0.05, 0.1) is 18.3 Å². The van der Waals surface area contributed by atoms with Crippen LogP contribution in [0.25, 0.3) is 10.9 Å². The molecule has 2 N–H and O–H groups in total. The van der Waals surface area contributed by atoms with Gasteiger partial charge in [-0.3, -0.25) is 9.89 Å². The van der Waals surface area contributed by atoms with E-state index in [-0.39, 0.29) is 5.91 Å². The first-order valence-corrected chi connectivity index (χ1v) is 8.32. The zero-order valence-corrected chi connectivity index (χ0v) is 15.3. The number of amides is 1. The molecule has 1 aromatic heterocycles. The summed E-state index contributed by atoms with van der Waals surface area (Å²) in [4.78, 5) is 12.7. The van der Waals surface area contributed by atoms with E-state index in [0.29, 0.717) is 11.4 Å². The fourth-order valence-electron chi connectivity index (χ4n) is 2.49. The van der Waals surface area contributed by atoms with E-state index >= 15 is 0 Å². The Morgan fingerprint density at radius 2 is 2.00 bits per heavy atom. The number of ether oxygens (including phenoxy) is 2. The van der Waals surface area contributed by atoms with Crippen LogP contribution in [0.2, 0.25) is 0 Å². The zero-order valence-electron chi connectivity index (χ0n) is 13.2. The highest BCUT2D eigenvalue weighted by Crippen LogP contribution is 2.32. The van der Waals surface area contributed by atoms with Crippen LogP contribution < -0.4 is 10.1 Å². The first-order valence-electron chi connectivity index (χ1n) is 7.24. The van der Waals surface area contributed by atoms with Gasteiger partial charge < -0.3 is 14.8 Å². The van der Waals surface area contributed by atoms with Crippen molar-refractivity contribution in [1.82, 2.24) is 10.2 Å². The molecule has 0 saturated heterocycles. The molecular formula is C17H16IN3O3. The Morgan fingerprint density at radius 3 is 2.67 bits per heavy atom. The number of methoxy groups -OCH3 is 2. The maximum absolute atomic E-state index is 12.7. The number of H-pyrrole nitrogens is 1. The highest BCUT2D eigenvalue weighted by atomic mass is 127. The molecule has 124 valence electrons. The molecule has 2 aromatic carbocycles. The number of rotatable bonds is 5. The lowest BCUT2D eigenvalue weighted by molar-refractivity contribution is -0.126. The van der Waals surface area contributed by atoms with Crippen LogP contribution in [0.4, 0.5) is 5.69 Å². The van der Waals surface area contributed by atoms with Crippen molar-refractivity contribution < 1.29 is 14.3 Å². The van der Waals surface area contributed by atoms with Gasteiger partial charge in [-0.1, -0.05) is 30.3 Å². The molecule has 1 unspecified atom stereocenters. The van der Waals surface area contributed by atoms with Crippen LogP contribution >= 0.6 is 22.6 Å². The zero-order chi connectivity index (χ0) is 17.1. The van der Waals surface area contributed by atoms with Crippen LogP contribution in [0.1, 0.15) is 11.7 Å². The molecule has 0 bridgehead atoms. The van der Waals surface area contributed by atoms with Gasteiger partial charge in [-0.05, 0) is 34.2 Å². The van der Waals surface area contributed by atoms with Gasteiger partial charge in [-0.25, -0.2) is 0 Å². The van der Waals surface area contributed by atoms with E-state index in [1.165, 1.54) is 7.11 Å². The number of fused-ring (bicyclic) bond motifs is 1. The smallest absolute Gasteiger partial charge is 0.258 e. The Bertz CT molecular complexity index is 864. The summed E-state index contributed by atoms with van der Waals surface area (Å²) in [6.45, 7) is 0. The Hall–Kier alpha value is -2.13. The van der Waals surface area contributed by atoms with Crippen LogP contribution in [-0.4, -0.2) is 30.3 Å². The predicted molar refractivity (Wildman–Crippen MR) is 100 cm³/mol. The summed E-state index contributed by atoms with van der Waals surface area (Å²) in [5.41, 5.74) is 2.14. The minimum absolute atomic E-state index is 0.264. The summed E-state index contributed by atoms with van der Waals surface area (Å²) >= 11 is 2.16. The average molecular weight is 437 g/mol. The summed E-state index contributed by atoms with van der Waals surface area (Å²) in [5.74, 6) is 0.279. The van der Waals surface area contributed by atoms with Gasteiger partial charge in [-0.15, -0.1) is 0 Å². The molecule has 0 spiro atoms. The molecule has 1 heterocycles. The van der Waals surface area contributed by atoms with E-state index in [1.54, 1.807) is 13.2 Å². The van der Waals surface area contributed by atoms with Crippen LogP contribution in [-0.2, 0) is 9.53 Å². The SMILES string of the molecule is COc1cc2n[nH]c(I)c2cc1NC(=O)C(OC)c1ccccc1. The lowest BCUT2D eigenvalue weighted by Gasteiger charge is -2.17. The van der Waals surface area contributed by atoms with Crippen molar-refractivity contribution in [3.63, 3.8) is 0 Å². The van der Waals surface area contributed by atoms with Gasteiger partial charge >= 0.3 is 0 Å². The van der Waals surface area contributed by atoms with E-state index in [1.807, 2.05) is 36.4 Å². The number of benzene rings is 2. The minimum atomic E-state index is -0.699. The molecule has 0 saturated carbocycles. The summed E-state index contributed by atoms with van der Waals surface area (Å²) < 4.78 is 11.6. The molecule has 0 aliphatic heterocycles. The third-order valence-corrected chi connectivity index (χ3v) is 4.49. The van der Waals surface area contributed by atoms with Crippen LogP contribution in [0, 0.1) is 3.70 Å². The Morgan fingerprint density at radius 1 is 1.25 bits per heavy atom. The van der Waals surface area contributed by atoms with Crippen LogP contribution in [0.15, 0.2) is 42.5 Å². The molecule has 3 rings (SSSR count). The van der Waals surface area contributed by atoms with E-state index in [4.69, 9.17) is 9.47 Å². The number of halogens is 1. The maximum Gasteiger partial charge on any atom is 0.258 e. The molecule has 1 atom stereocenters. The summed E-state index contributed by atoms with van der Waals surface area (Å²) in [5, 5.41) is 10.9. The normalized spacial score (nSPS) is 12.1. The van der Waals surface area contributed by atoms with Crippen molar-refractivity contribution in [3.05, 3.63) is 51.7 Å². The second-order valence-electron chi connectivity index (χ2n) is 5.12. The summed E-state index contributed by atoms with van der Waals surface area (Å²) in [6, 6.07) is 13.0. The number of aromatic nitrogens is 2. The third kappa shape index (κ3) is 3.22. The van der Waals surface area contributed by atoms with Crippen molar-refractivity contribution >= 4 is 45.1 Å². The van der Waals surface area contributed by atoms with Gasteiger partial charge in [0.2, 0.25) is 0 Å². The number of nitrogens with one attached hydrogen (secondary N) is 2. The van der Waals surface area contributed by atoms with Crippen molar-refractivity contribution in [2.75, 3.05) is 19.5 Å². The predicted octanol–water partition coefficient (Wildman–Crippen LogP) is 3.50. The summed E-state index contributed by atoms with van der Waals surface area (Å²) in [7, 11) is 3.07. The first-order chi connectivity index (χ1) is 11.6. The molecule has 6 nitrogen and oxygen atoms in total. The second kappa shape index (κ2) is 7.18. The summed E-state index contributed by atoms with van der Waals surface area (Å²) in [6.07, 6.45) is -0.699. The number of anilines is 1. The monoisotopic (exact) mass is 437 g/mol. The van der Waals surface area contributed by atoms with Crippen molar-refractivity contribution in [2.24, 2.45) is 0 Å². The van der Waals surface area contributed by atoms with E-state index in [2.05, 4.69) is 38.1 Å².